The highest BCUT2D eigenvalue weighted by molar-refractivity contribution is 6.02. The number of hydrogen-bond acceptors (Lipinski definition) is 3. The summed E-state index contributed by atoms with van der Waals surface area (Å²) >= 11 is 0. The van der Waals surface area contributed by atoms with Crippen molar-refractivity contribution < 1.29 is 23.1 Å². The molecule has 0 saturated heterocycles. The number of aliphatic hydroxyl groups excluding tert-OH is 1. The lowest BCUT2D eigenvalue weighted by Gasteiger charge is -2.25. The van der Waals surface area contributed by atoms with Crippen LogP contribution >= 0.6 is 0 Å². The SMILES string of the molecule is CCC[C@@H]1CC(O)ON=C1c1ccc(C(F)(F)F)cc1. The van der Waals surface area contributed by atoms with Crippen molar-refractivity contribution in [3.63, 3.8) is 0 Å². The van der Waals surface area contributed by atoms with Crippen molar-refractivity contribution in [2.24, 2.45) is 11.1 Å². The van der Waals surface area contributed by atoms with E-state index < -0.39 is 18.0 Å². The van der Waals surface area contributed by atoms with Gasteiger partial charge in [0.25, 0.3) is 0 Å². The van der Waals surface area contributed by atoms with E-state index in [1.54, 1.807) is 0 Å². The lowest BCUT2D eigenvalue weighted by atomic mass is 9.89. The number of alkyl halides is 3. The molecule has 1 unspecified atom stereocenters. The molecule has 0 aromatic heterocycles. The molecule has 2 atom stereocenters. The molecular formula is C14H16F3NO2. The fourth-order valence-electron chi connectivity index (χ4n) is 2.31. The van der Waals surface area contributed by atoms with E-state index in [4.69, 9.17) is 4.84 Å². The number of oxime groups is 1. The van der Waals surface area contributed by atoms with Crippen LogP contribution in [-0.2, 0) is 11.0 Å². The molecule has 0 radical (unpaired) electrons. The number of aliphatic hydroxyl groups is 1. The third-order valence-corrected chi connectivity index (χ3v) is 3.29. The maximum absolute atomic E-state index is 12.5. The highest BCUT2D eigenvalue weighted by Crippen LogP contribution is 2.31. The van der Waals surface area contributed by atoms with E-state index >= 15 is 0 Å². The maximum atomic E-state index is 12.5. The van der Waals surface area contributed by atoms with E-state index in [2.05, 4.69) is 5.16 Å². The van der Waals surface area contributed by atoms with Crippen LogP contribution in [0.2, 0.25) is 0 Å². The first-order valence-corrected chi connectivity index (χ1v) is 6.51. The molecule has 1 N–H and O–H groups in total. The molecular weight excluding hydrogens is 271 g/mol. The average molecular weight is 287 g/mol. The minimum atomic E-state index is -4.34. The van der Waals surface area contributed by atoms with Crippen LogP contribution in [0.3, 0.4) is 0 Å². The summed E-state index contributed by atoms with van der Waals surface area (Å²) in [6.45, 7) is 2.01. The van der Waals surface area contributed by atoms with E-state index in [1.165, 1.54) is 12.1 Å². The summed E-state index contributed by atoms with van der Waals surface area (Å²) in [5, 5.41) is 13.3. The zero-order valence-electron chi connectivity index (χ0n) is 11.0. The van der Waals surface area contributed by atoms with Crippen molar-refractivity contribution in [2.75, 3.05) is 0 Å². The summed E-state index contributed by atoms with van der Waals surface area (Å²) in [5.41, 5.74) is 0.514. The van der Waals surface area contributed by atoms with Gasteiger partial charge in [0.15, 0.2) is 0 Å². The predicted octanol–water partition coefficient (Wildman–Crippen LogP) is 3.56. The van der Waals surface area contributed by atoms with Crippen molar-refractivity contribution in [3.05, 3.63) is 35.4 Å². The molecule has 2 rings (SSSR count). The number of benzene rings is 1. The Balaban J connectivity index is 2.25. The molecule has 1 aromatic rings. The van der Waals surface area contributed by atoms with Gasteiger partial charge in [0.05, 0.1) is 11.3 Å². The van der Waals surface area contributed by atoms with Crippen molar-refractivity contribution in [1.29, 1.82) is 0 Å². The summed E-state index contributed by atoms with van der Waals surface area (Å²) in [5.74, 6) is 0.000451. The molecule has 0 bridgehead atoms. The van der Waals surface area contributed by atoms with Gasteiger partial charge in [-0.05, 0) is 24.1 Å². The van der Waals surface area contributed by atoms with Crippen molar-refractivity contribution in [3.8, 4) is 0 Å². The second kappa shape index (κ2) is 5.83. The third kappa shape index (κ3) is 3.30. The molecule has 0 fully saturated rings. The Hall–Kier alpha value is -1.56. The zero-order valence-corrected chi connectivity index (χ0v) is 11.0. The molecule has 0 saturated carbocycles. The first kappa shape index (κ1) is 14.8. The highest BCUT2D eigenvalue weighted by atomic mass is 19.4. The normalized spacial score (nSPS) is 23.1. The van der Waals surface area contributed by atoms with E-state index in [9.17, 15) is 18.3 Å². The largest absolute Gasteiger partial charge is 0.416 e. The number of halogens is 3. The Morgan fingerprint density at radius 2 is 1.95 bits per heavy atom. The number of nitrogens with zero attached hydrogens (tertiary/aromatic N) is 1. The minimum Gasteiger partial charge on any atom is -0.364 e. The van der Waals surface area contributed by atoms with Gasteiger partial charge in [-0.2, -0.15) is 13.2 Å². The van der Waals surface area contributed by atoms with E-state index in [0.29, 0.717) is 17.7 Å². The fourth-order valence-corrected chi connectivity index (χ4v) is 2.31. The standard InChI is InChI=1S/C14H16F3NO2/c1-2-3-10-8-12(19)20-18-13(10)9-4-6-11(7-5-9)14(15,16)17/h4-7,10,12,19H,2-3,8H2,1H3/t10-,12?/m1/s1. The van der Waals surface area contributed by atoms with Crippen LogP contribution < -0.4 is 0 Å². The second-order valence-corrected chi connectivity index (χ2v) is 4.83. The number of hydrogen-bond donors (Lipinski definition) is 1. The first-order chi connectivity index (χ1) is 9.41. The van der Waals surface area contributed by atoms with Crippen molar-refractivity contribution >= 4 is 5.71 Å². The van der Waals surface area contributed by atoms with Crippen LogP contribution in [0.25, 0.3) is 0 Å². The first-order valence-electron chi connectivity index (χ1n) is 6.51. The van der Waals surface area contributed by atoms with Crippen LogP contribution in [0.1, 0.15) is 37.3 Å². The molecule has 1 aliphatic heterocycles. The topological polar surface area (TPSA) is 41.8 Å². The Morgan fingerprint density at radius 3 is 2.50 bits per heavy atom. The predicted molar refractivity (Wildman–Crippen MR) is 68.1 cm³/mol. The van der Waals surface area contributed by atoms with Gasteiger partial charge in [0, 0.05) is 12.3 Å². The summed E-state index contributed by atoms with van der Waals surface area (Å²) in [6, 6.07) is 4.86. The van der Waals surface area contributed by atoms with Crippen molar-refractivity contribution in [2.45, 2.75) is 38.7 Å². The molecule has 6 heteroatoms. The van der Waals surface area contributed by atoms with Gasteiger partial charge in [-0.15, -0.1) is 0 Å². The Morgan fingerprint density at radius 1 is 1.30 bits per heavy atom. The van der Waals surface area contributed by atoms with Crippen LogP contribution in [-0.4, -0.2) is 17.1 Å². The molecule has 20 heavy (non-hydrogen) atoms. The smallest absolute Gasteiger partial charge is 0.364 e. The maximum Gasteiger partial charge on any atom is 0.416 e. The van der Waals surface area contributed by atoms with Crippen LogP contribution in [0.5, 0.6) is 0 Å². The lowest BCUT2D eigenvalue weighted by molar-refractivity contribution is -0.137. The highest BCUT2D eigenvalue weighted by Gasteiger charge is 2.31. The third-order valence-electron chi connectivity index (χ3n) is 3.29. The summed E-state index contributed by atoms with van der Waals surface area (Å²) in [4.78, 5) is 4.84. The van der Waals surface area contributed by atoms with Gasteiger partial charge < -0.3 is 9.94 Å². The lowest BCUT2D eigenvalue weighted by Crippen LogP contribution is -2.28. The molecule has 0 aliphatic carbocycles. The molecule has 0 amide bonds. The Labute approximate surface area is 115 Å². The minimum absolute atomic E-state index is 0.000451. The Kier molecular flexibility index (Phi) is 4.32. The number of rotatable bonds is 3. The average Bonchev–Trinajstić information content (AvgIpc) is 2.38. The molecule has 1 aromatic carbocycles. The van der Waals surface area contributed by atoms with Crippen molar-refractivity contribution in [1.82, 2.24) is 0 Å². The van der Waals surface area contributed by atoms with Crippen LogP contribution in [0.4, 0.5) is 13.2 Å². The van der Waals surface area contributed by atoms with Crippen LogP contribution in [0.15, 0.2) is 29.4 Å². The fraction of sp³-hybridized carbons (Fsp3) is 0.500. The van der Waals surface area contributed by atoms with Gasteiger partial charge in [0.1, 0.15) is 0 Å². The molecule has 1 heterocycles. The van der Waals surface area contributed by atoms with Gasteiger partial charge in [-0.1, -0.05) is 30.6 Å². The molecule has 1 aliphatic rings. The van der Waals surface area contributed by atoms with E-state index in [0.717, 1.165) is 25.0 Å². The quantitative estimate of drug-likeness (QED) is 0.923. The summed E-state index contributed by atoms with van der Waals surface area (Å²) in [6.07, 6.45) is -3.17. The Bertz CT molecular complexity index is 482. The summed E-state index contributed by atoms with van der Waals surface area (Å²) in [7, 11) is 0. The van der Waals surface area contributed by atoms with Gasteiger partial charge >= 0.3 is 6.18 Å². The van der Waals surface area contributed by atoms with Crippen LogP contribution in [0, 0.1) is 5.92 Å². The monoisotopic (exact) mass is 287 g/mol. The van der Waals surface area contributed by atoms with Gasteiger partial charge in [-0.25, -0.2) is 0 Å². The molecule has 3 nitrogen and oxygen atoms in total. The molecule has 110 valence electrons. The van der Waals surface area contributed by atoms with Gasteiger partial charge in [0.2, 0.25) is 6.29 Å². The van der Waals surface area contributed by atoms with Gasteiger partial charge in [-0.3, -0.25) is 0 Å². The zero-order chi connectivity index (χ0) is 14.8. The second-order valence-electron chi connectivity index (χ2n) is 4.83. The molecule has 0 spiro atoms. The van der Waals surface area contributed by atoms with E-state index in [1.807, 2.05) is 6.92 Å². The summed E-state index contributed by atoms with van der Waals surface area (Å²) < 4.78 is 37.6. The van der Waals surface area contributed by atoms with E-state index in [-0.39, 0.29) is 5.92 Å².